The Morgan fingerprint density at radius 1 is 1.35 bits per heavy atom. The van der Waals surface area contributed by atoms with E-state index in [9.17, 15) is 4.79 Å². The van der Waals surface area contributed by atoms with Gasteiger partial charge in [-0.15, -0.1) is 0 Å². The lowest BCUT2D eigenvalue weighted by Gasteiger charge is -2.13. The highest BCUT2D eigenvalue weighted by atomic mass is 16.5. The predicted octanol–water partition coefficient (Wildman–Crippen LogP) is 2.60. The van der Waals surface area contributed by atoms with Crippen LogP contribution in [-0.2, 0) is 6.42 Å². The number of hydrogen-bond donors (Lipinski definition) is 2. The Morgan fingerprint density at radius 3 is 2.80 bits per heavy atom. The van der Waals surface area contributed by atoms with Gasteiger partial charge < -0.3 is 4.74 Å². The second-order valence-corrected chi connectivity index (χ2v) is 4.46. The third kappa shape index (κ3) is 2.67. The van der Waals surface area contributed by atoms with E-state index in [-0.39, 0.29) is 5.56 Å². The van der Waals surface area contributed by atoms with E-state index in [1.54, 1.807) is 29.0 Å². The smallest absolute Gasteiger partial charge is 0.258 e. The van der Waals surface area contributed by atoms with Crippen molar-refractivity contribution in [2.75, 3.05) is 12.6 Å². The van der Waals surface area contributed by atoms with Crippen LogP contribution in [0.2, 0.25) is 0 Å². The molecule has 0 saturated carbocycles. The van der Waals surface area contributed by atoms with Gasteiger partial charge >= 0.3 is 0 Å². The van der Waals surface area contributed by atoms with E-state index in [4.69, 9.17) is 9.94 Å². The Hall–Kier alpha value is -2.27. The minimum atomic E-state index is -0.0441. The van der Waals surface area contributed by atoms with Crippen molar-refractivity contribution in [3.8, 4) is 11.4 Å². The molecule has 2 rings (SSSR count). The van der Waals surface area contributed by atoms with Crippen LogP contribution in [0.5, 0.6) is 5.75 Å². The number of ether oxygens (including phenoxy) is 1. The molecule has 0 bridgehead atoms. The van der Waals surface area contributed by atoms with Gasteiger partial charge in [0.15, 0.2) is 0 Å². The molecule has 2 aromatic rings. The molecule has 5 heteroatoms. The summed E-state index contributed by atoms with van der Waals surface area (Å²) in [5.41, 5.74) is 3.94. The average molecular weight is 274 g/mol. The van der Waals surface area contributed by atoms with E-state index >= 15 is 0 Å². The van der Waals surface area contributed by atoms with Gasteiger partial charge in [0.2, 0.25) is 0 Å². The summed E-state index contributed by atoms with van der Waals surface area (Å²) in [6.07, 6.45) is 3.38. The van der Waals surface area contributed by atoms with Crippen LogP contribution >= 0.6 is 0 Å². The molecule has 0 aliphatic heterocycles. The van der Waals surface area contributed by atoms with E-state index in [1.807, 2.05) is 19.1 Å². The van der Waals surface area contributed by atoms with Crippen LogP contribution in [0.15, 0.2) is 41.3 Å². The number of hydrogen-bond acceptors (Lipinski definition) is 4. The maximum absolute atomic E-state index is 12.4. The van der Waals surface area contributed by atoms with Gasteiger partial charge in [-0.1, -0.05) is 19.4 Å². The fourth-order valence-corrected chi connectivity index (χ4v) is 2.13. The van der Waals surface area contributed by atoms with Gasteiger partial charge in [0.25, 0.3) is 5.56 Å². The second kappa shape index (κ2) is 6.25. The van der Waals surface area contributed by atoms with Gasteiger partial charge in [0.05, 0.1) is 18.5 Å². The lowest BCUT2D eigenvalue weighted by molar-refractivity contribution is 0.386. The number of anilines is 1. The van der Waals surface area contributed by atoms with E-state index in [0.29, 0.717) is 17.1 Å². The van der Waals surface area contributed by atoms with E-state index in [2.05, 4.69) is 5.48 Å². The number of benzene rings is 1. The van der Waals surface area contributed by atoms with E-state index in [0.717, 1.165) is 18.4 Å². The average Bonchev–Trinajstić information content (AvgIpc) is 2.49. The molecule has 1 aromatic carbocycles. The molecule has 2 N–H and O–H groups in total. The fourth-order valence-electron chi connectivity index (χ4n) is 2.13. The predicted molar refractivity (Wildman–Crippen MR) is 78.0 cm³/mol. The second-order valence-electron chi connectivity index (χ2n) is 4.46. The van der Waals surface area contributed by atoms with Crippen molar-refractivity contribution in [1.82, 2.24) is 4.57 Å². The number of rotatable bonds is 5. The number of aromatic nitrogens is 1. The van der Waals surface area contributed by atoms with Crippen LogP contribution in [0.4, 0.5) is 5.69 Å². The summed E-state index contributed by atoms with van der Waals surface area (Å²) in [7, 11) is 1.53. The molecule has 0 aliphatic carbocycles. The van der Waals surface area contributed by atoms with Crippen LogP contribution in [-0.4, -0.2) is 16.9 Å². The van der Waals surface area contributed by atoms with Crippen molar-refractivity contribution < 1.29 is 9.94 Å². The molecular weight excluding hydrogens is 256 g/mol. The maximum atomic E-state index is 12.4. The summed E-state index contributed by atoms with van der Waals surface area (Å²) in [4.78, 5) is 12.4. The molecule has 0 amide bonds. The van der Waals surface area contributed by atoms with E-state index < -0.39 is 0 Å². The molecule has 5 nitrogen and oxygen atoms in total. The first-order valence-corrected chi connectivity index (χ1v) is 6.50. The zero-order valence-electron chi connectivity index (χ0n) is 11.6. The number of pyridine rings is 1. The molecule has 0 spiro atoms. The van der Waals surface area contributed by atoms with Gasteiger partial charge in [-0.2, -0.15) is 0 Å². The lowest BCUT2D eigenvalue weighted by atomic mass is 10.1. The summed E-state index contributed by atoms with van der Waals surface area (Å²) in [5.74, 6) is 0.514. The molecule has 0 aliphatic rings. The minimum Gasteiger partial charge on any atom is -0.494 e. The zero-order valence-corrected chi connectivity index (χ0v) is 11.6. The molecule has 0 radical (unpaired) electrons. The quantitative estimate of drug-likeness (QED) is 0.823. The number of aryl methyl sites for hydroxylation is 1. The molecule has 106 valence electrons. The van der Waals surface area contributed by atoms with Crippen molar-refractivity contribution in [2.24, 2.45) is 0 Å². The van der Waals surface area contributed by atoms with Crippen LogP contribution in [0, 0.1) is 0 Å². The topological polar surface area (TPSA) is 63.5 Å². The fraction of sp³-hybridized carbons (Fsp3) is 0.267. The molecular formula is C15H18N2O3. The Balaban J connectivity index is 2.56. The molecule has 0 unspecified atom stereocenters. The molecule has 1 aromatic heterocycles. The summed E-state index contributed by atoms with van der Waals surface area (Å²) in [6, 6.07) is 8.74. The number of nitrogens with zero attached hydrogens (tertiary/aromatic N) is 1. The van der Waals surface area contributed by atoms with Crippen molar-refractivity contribution >= 4 is 5.69 Å². The molecule has 0 fully saturated rings. The molecule has 20 heavy (non-hydrogen) atoms. The van der Waals surface area contributed by atoms with Crippen molar-refractivity contribution in [2.45, 2.75) is 19.8 Å². The summed E-state index contributed by atoms with van der Waals surface area (Å²) >= 11 is 0. The van der Waals surface area contributed by atoms with Gasteiger partial charge in [-0.3, -0.25) is 20.0 Å². The largest absolute Gasteiger partial charge is 0.494 e. The van der Waals surface area contributed by atoms with Gasteiger partial charge in [0, 0.05) is 17.8 Å². The Bertz CT molecular complexity index is 650. The Morgan fingerprint density at radius 2 is 2.15 bits per heavy atom. The Kier molecular flexibility index (Phi) is 4.42. The molecule has 1 heterocycles. The summed E-state index contributed by atoms with van der Waals surface area (Å²) in [5, 5.41) is 8.91. The lowest BCUT2D eigenvalue weighted by Crippen LogP contribution is -2.21. The first kappa shape index (κ1) is 14.1. The van der Waals surface area contributed by atoms with Crippen LogP contribution in [0.3, 0.4) is 0 Å². The highest BCUT2D eigenvalue weighted by molar-refractivity contribution is 5.57. The first-order valence-electron chi connectivity index (χ1n) is 6.50. The highest BCUT2D eigenvalue weighted by Crippen LogP contribution is 2.25. The number of methoxy groups -OCH3 is 1. The van der Waals surface area contributed by atoms with Crippen molar-refractivity contribution in [1.29, 1.82) is 0 Å². The number of nitrogens with one attached hydrogen (secondary N) is 1. The minimum absolute atomic E-state index is 0.0441. The van der Waals surface area contributed by atoms with Gasteiger partial charge in [-0.05, 0) is 24.6 Å². The first-order chi connectivity index (χ1) is 9.71. The standard InChI is InChI=1S/C15H18N2O3/c1-3-5-11-6-4-9-17(15(11)18)13-8-7-12(16-19)10-14(13)20-2/h4,6-10,16,19H,3,5H2,1-2H3. The third-order valence-corrected chi connectivity index (χ3v) is 3.11. The van der Waals surface area contributed by atoms with Crippen molar-refractivity contribution in [3.05, 3.63) is 52.4 Å². The van der Waals surface area contributed by atoms with E-state index in [1.165, 1.54) is 7.11 Å². The SMILES string of the molecule is CCCc1cccn(-c2ccc(NO)cc2OC)c1=O. The normalized spacial score (nSPS) is 10.3. The van der Waals surface area contributed by atoms with Crippen molar-refractivity contribution in [3.63, 3.8) is 0 Å². The monoisotopic (exact) mass is 274 g/mol. The van der Waals surface area contributed by atoms with Crippen LogP contribution in [0.25, 0.3) is 5.69 Å². The Labute approximate surface area is 117 Å². The van der Waals surface area contributed by atoms with Crippen LogP contribution in [0.1, 0.15) is 18.9 Å². The van der Waals surface area contributed by atoms with Crippen LogP contribution < -0.4 is 15.8 Å². The molecule has 0 atom stereocenters. The maximum Gasteiger partial charge on any atom is 0.258 e. The van der Waals surface area contributed by atoms with Gasteiger partial charge in [0.1, 0.15) is 5.75 Å². The van der Waals surface area contributed by atoms with Gasteiger partial charge in [-0.25, -0.2) is 0 Å². The third-order valence-electron chi connectivity index (χ3n) is 3.11. The summed E-state index contributed by atoms with van der Waals surface area (Å²) < 4.78 is 6.85. The summed E-state index contributed by atoms with van der Waals surface area (Å²) in [6.45, 7) is 2.04. The molecule has 0 saturated heterocycles. The highest BCUT2D eigenvalue weighted by Gasteiger charge is 2.10. The zero-order chi connectivity index (χ0) is 14.5.